The molecule has 1 amide bonds. The molecule has 106 valence electrons. The van der Waals surface area contributed by atoms with Gasteiger partial charge in [0.1, 0.15) is 0 Å². The summed E-state index contributed by atoms with van der Waals surface area (Å²) in [5, 5.41) is 9.24. The van der Waals surface area contributed by atoms with Gasteiger partial charge in [0, 0.05) is 45.2 Å². The summed E-state index contributed by atoms with van der Waals surface area (Å²) < 4.78 is 0. The molecule has 5 heteroatoms. The van der Waals surface area contributed by atoms with Gasteiger partial charge in [0.25, 0.3) is 0 Å². The zero-order valence-electron chi connectivity index (χ0n) is 11.6. The Balaban J connectivity index is 1.78. The Bertz CT molecular complexity index is 574. The molecule has 0 saturated carbocycles. The monoisotopic (exact) mass is 273 g/mol. The molecule has 4 rings (SSSR count). The lowest BCUT2D eigenvalue weighted by Crippen LogP contribution is -2.50. The number of piperidine rings is 1. The fraction of sp³-hybridized carbons (Fsp3) is 0.533. The molecule has 0 unspecified atom stereocenters. The minimum Gasteiger partial charge on any atom is -0.465 e. The summed E-state index contributed by atoms with van der Waals surface area (Å²) in [4.78, 5) is 17.6. The van der Waals surface area contributed by atoms with Gasteiger partial charge in [0.05, 0.1) is 11.4 Å². The molecule has 0 aromatic heterocycles. The van der Waals surface area contributed by atoms with Crippen LogP contribution in [0, 0.1) is 0 Å². The Morgan fingerprint density at radius 3 is 2.95 bits per heavy atom. The number of likely N-dealkylation sites (N-methyl/N-ethyl adjacent to an activating group) is 1. The lowest BCUT2D eigenvalue weighted by Gasteiger charge is -2.41. The van der Waals surface area contributed by atoms with Gasteiger partial charge < -0.3 is 19.8 Å². The number of likely N-dealkylation sites (tertiary alicyclic amines) is 1. The number of fused-ring (bicyclic) bond motifs is 3. The summed E-state index contributed by atoms with van der Waals surface area (Å²) in [7, 11) is 2.14. The van der Waals surface area contributed by atoms with Crippen molar-refractivity contribution in [1.82, 2.24) is 4.90 Å². The van der Waals surface area contributed by atoms with Crippen molar-refractivity contribution in [3.63, 3.8) is 0 Å². The molecule has 5 nitrogen and oxygen atoms in total. The number of benzene rings is 1. The Morgan fingerprint density at radius 2 is 2.15 bits per heavy atom. The highest BCUT2D eigenvalue weighted by Gasteiger charge is 2.45. The molecule has 1 aromatic rings. The van der Waals surface area contributed by atoms with E-state index in [0.717, 1.165) is 19.5 Å². The van der Waals surface area contributed by atoms with Crippen molar-refractivity contribution in [2.75, 3.05) is 43.0 Å². The smallest absolute Gasteiger partial charge is 0.407 e. The molecule has 3 heterocycles. The number of amides is 1. The Labute approximate surface area is 118 Å². The maximum atomic E-state index is 11.2. The Hall–Kier alpha value is -1.91. The maximum Gasteiger partial charge on any atom is 0.407 e. The highest BCUT2D eigenvalue weighted by atomic mass is 16.4. The summed E-state index contributed by atoms with van der Waals surface area (Å²) in [6, 6.07) is 6.95. The third kappa shape index (κ3) is 1.46. The summed E-state index contributed by atoms with van der Waals surface area (Å²) in [5.74, 6) is 0.335. The van der Waals surface area contributed by atoms with E-state index in [1.165, 1.54) is 16.9 Å². The van der Waals surface area contributed by atoms with E-state index in [9.17, 15) is 9.90 Å². The van der Waals surface area contributed by atoms with Crippen LogP contribution in [0.4, 0.5) is 16.2 Å². The fourth-order valence-corrected chi connectivity index (χ4v) is 4.08. The van der Waals surface area contributed by atoms with Gasteiger partial charge in [-0.25, -0.2) is 4.79 Å². The zero-order valence-corrected chi connectivity index (χ0v) is 11.6. The van der Waals surface area contributed by atoms with Crippen molar-refractivity contribution in [3.8, 4) is 0 Å². The van der Waals surface area contributed by atoms with Gasteiger partial charge in [-0.2, -0.15) is 0 Å². The van der Waals surface area contributed by atoms with E-state index in [1.807, 2.05) is 0 Å². The maximum absolute atomic E-state index is 11.2. The average molecular weight is 273 g/mol. The van der Waals surface area contributed by atoms with Gasteiger partial charge in [-0.3, -0.25) is 0 Å². The van der Waals surface area contributed by atoms with E-state index in [2.05, 4.69) is 35.0 Å². The molecular weight excluding hydrogens is 254 g/mol. The zero-order chi connectivity index (χ0) is 13.9. The normalized spacial score (nSPS) is 27.4. The van der Waals surface area contributed by atoms with Crippen LogP contribution in [-0.4, -0.2) is 55.4 Å². The van der Waals surface area contributed by atoms with Crippen LogP contribution >= 0.6 is 0 Å². The minimum atomic E-state index is -0.786. The molecule has 0 bridgehead atoms. The quantitative estimate of drug-likeness (QED) is 0.783. The summed E-state index contributed by atoms with van der Waals surface area (Å²) in [6.07, 6.45) is 0.154. The van der Waals surface area contributed by atoms with E-state index in [4.69, 9.17) is 0 Å². The number of carbonyl (C=O) groups is 1. The van der Waals surface area contributed by atoms with Crippen LogP contribution < -0.4 is 9.80 Å². The summed E-state index contributed by atoms with van der Waals surface area (Å²) >= 11 is 0. The molecule has 2 atom stereocenters. The fourth-order valence-electron chi connectivity index (χ4n) is 4.08. The molecule has 1 N–H and O–H groups in total. The van der Waals surface area contributed by atoms with Gasteiger partial charge in [0.15, 0.2) is 0 Å². The number of nitrogens with zero attached hydrogens (tertiary/aromatic N) is 3. The molecule has 20 heavy (non-hydrogen) atoms. The van der Waals surface area contributed by atoms with Crippen LogP contribution in [0.25, 0.3) is 0 Å². The molecule has 1 saturated heterocycles. The molecule has 1 aromatic carbocycles. The van der Waals surface area contributed by atoms with Crippen molar-refractivity contribution in [3.05, 3.63) is 23.8 Å². The second-order valence-electron chi connectivity index (χ2n) is 6.02. The highest BCUT2D eigenvalue weighted by molar-refractivity contribution is 5.81. The van der Waals surface area contributed by atoms with Crippen LogP contribution in [0.1, 0.15) is 17.9 Å². The molecule has 0 spiro atoms. The van der Waals surface area contributed by atoms with Gasteiger partial charge in [-0.15, -0.1) is 0 Å². The lowest BCUT2D eigenvalue weighted by molar-refractivity contribution is 0.127. The van der Waals surface area contributed by atoms with Crippen molar-refractivity contribution < 1.29 is 9.90 Å². The van der Waals surface area contributed by atoms with E-state index in [0.29, 0.717) is 25.0 Å². The Morgan fingerprint density at radius 1 is 1.30 bits per heavy atom. The number of carboxylic acid groups (broad SMARTS) is 1. The van der Waals surface area contributed by atoms with Crippen molar-refractivity contribution in [2.45, 2.75) is 18.4 Å². The van der Waals surface area contributed by atoms with Crippen molar-refractivity contribution in [1.29, 1.82) is 0 Å². The molecule has 3 aliphatic heterocycles. The Kier molecular flexibility index (Phi) is 2.40. The summed E-state index contributed by atoms with van der Waals surface area (Å²) in [6.45, 7) is 3.39. The van der Waals surface area contributed by atoms with E-state index < -0.39 is 6.09 Å². The largest absolute Gasteiger partial charge is 0.465 e. The van der Waals surface area contributed by atoms with E-state index >= 15 is 0 Å². The highest BCUT2D eigenvalue weighted by Crippen LogP contribution is 2.50. The second kappa shape index (κ2) is 4.04. The standard InChI is InChI=1S/C15H19N3O2/c1-16-7-8-18-12-5-6-17(15(19)20)9-11(12)10-3-2-4-13(16)14(10)18/h2-4,11-12H,5-9H2,1H3,(H,19,20)/t11-,12-/m0/s1. The van der Waals surface area contributed by atoms with Crippen LogP contribution in [0.5, 0.6) is 0 Å². The van der Waals surface area contributed by atoms with E-state index in [1.54, 1.807) is 4.90 Å². The predicted octanol–water partition coefficient (Wildman–Crippen LogP) is 1.79. The first-order chi connectivity index (χ1) is 9.66. The number of hydrogen-bond acceptors (Lipinski definition) is 3. The average Bonchev–Trinajstić information content (AvgIpc) is 2.78. The third-order valence-electron chi connectivity index (χ3n) is 5.07. The van der Waals surface area contributed by atoms with Gasteiger partial charge >= 0.3 is 6.09 Å². The number of anilines is 2. The van der Waals surface area contributed by atoms with E-state index in [-0.39, 0.29) is 0 Å². The minimum absolute atomic E-state index is 0.335. The van der Waals surface area contributed by atoms with Crippen LogP contribution in [-0.2, 0) is 0 Å². The second-order valence-corrected chi connectivity index (χ2v) is 6.02. The van der Waals surface area contributed by atoms with Crippen molar-refractivity contribution in [2.24, 2.45) is 0 Å². The van der Waals surface area contributed by atoms with Gasteiger partial charge in [-0.05, 0) is 18.1 Å². The molecular formula is C15H19N3O2. The van der Waals surface area contributed by atoms with Crippen molar-refractivity contribution >= 4 is 17.5 Å². The molecule has 0 radical (unpaired) electrons. The number of rotatable bonds is 0. The topological polar surface area (TPSA) is 47.0 Å². The predicted molar refractivity (Wildman–Crippen MR) is 77.8 cm³/mol. The van der Waals surface area contributed by atoms with Crippen LogP contribution in [0.15, 0.2) is 18.2 Å². The summed E-state index contributed by atoms with van der Waals surface area (Å²) in [5.41, 5.74) is 3.98. The van der Waals surface area contributed by atoms with Gasteiger partial charge in [-0.1, -0.05) is 12.1 Å². The first-order valence-electron chi connectivity index (χ1n) is 7.25. The lowest BCUT2D eigenvalue weighted by atomic mass is 9.89. The van der Waals surface area contributed by atoms with Gasteiger partial charge in [0.2, 0.25) is 0 Å². The number of hydrogen-bond donors (Lipinski definition) is 1. The molecule has 0 aliphatic carbocycles. The molecule has 3 aliphatic rings. The first kappa shape index (κ1) is 11.9. The van der Waals surface area contributed by atoms with Crippen LogP contribution in [0.2, 0.25) is 0 Å². The molecule has 1 fully saturated rings. The van der Waals surface area contributed by atoms with Crippen LogP contribution in [0.3, 0.4) is 0 Å². The first-order valence-corrected chi connectivity index (χ1v) is 7.25. The SMILES string of the molecule is CN1CCN2c3c(cccc31)[C@@H]1CN(C(=O)O)CC[C@@H]12. The number of para-hydroxylation sites is 1. The third-order valence-corrected chi connectivity index (χ3v) is 5.07.